The number of carbonyl (C=O) groups is 2. The second-order valence-corrected chi connectivity index (χ2v) is 9.09. The van der Waals surface area contributed by atoms with E-state index < -0.39 is 0 Å². The van der Waals surface area contributed by atoms with Crippen LogP contribution in [0.25, 0.3) is 0 Å². The summed E-state index contributed by atoms with van der Waals surface area (Å²) in [5.74, 6) is 1.62. The van der Waals surface area contributed by atoms with Crippen molar-refractivity contribution in [3.63, 3.8) is 0 Å². The maximum atomic E-state index is 12.9. The molecule has 1 fully saturated rings. The number of fused-ring (bicyclic) bond motifs is 1. The summed E-state index contributed by atoms with van der Waals surface area (Å²) in [5.41, 5.74) is 0.783. The summed E-state index contributed by atoms with van der Waals surface area (Å²) in [4.78, 5) is 36.0. The number of rotatable bonds is 2. The van der Waals surface area contributed by atoms with E-state index >= 15 is 0 Å². The molecule has 0 spiro atoms. The quantitative estimate of drug-likeness (QED) is 0.748. The topological polar surface area (TPSA) is 87.5 Å². The summed E-state index contributed by atoms with van der Waals surface area (Å²) in [6.07, 6.45) is 2.96. The summed E-state index contributed by atoms with van der Waals surface area (Å²) in [6, 6.07) is -0.0516. The van der Waals surface area contributed by atoms with Gasteiger partial charge in [0, 0.05) is 33.7 Å². The molecule has 0 N–H and O–H groups in total. The van der Waals surface area contributed by atoms with Crippen molar-refractivity contribution in [1.29, 1.82) is 0 Å². The van der Waals surface area contributed by atoms with E-state index in [2.05, 4.69) is 19.7 Å². The molecule has 2 aromatic heterocycles. The van der Waals surface area contributed by atoms with Gasteiger partial charge in [0.1, 0.15) is 4.88 Å². The van der Waals surface area contributed by atoms with E-state index in [1.54, 1.807) is 19.0 Å². The fourth-order valence-electron chi connectivity index (χ4n) is 4.16. The molecule has 3 amide bonds. The number of carbonyl (C=O) groups excluding carboxylic acids is 2. The van der Waals surface area contributed by atoms with Crippen LogP contribution >= 0.6 is 11.3 Å². The Morgan fingerprint density at radius 3 is 2.59 bits per heavy atom. The number of thiazole rings is 1. The Balaban J connectivity index is 1.56. The molecule has 1 atom stereocenters. The zero-order valence-corrected chi connectivity index (χ0v) is 18.2. The lowest BCUT2D eigenvalue weighted by atomic mass is 10.0. The van der Waals surface area contributed by atoms with Crippen LogP contribution in [0, 0.1) is 13.8 Å². The Bertz CT molecular complexity index is 935. The fourth-order valence-corrected chi connectivity index (χ4v) is 5.05. The molecule has 0 aliphatic carbocycles. The number of amides is 3. The van der Waals surface area contributed by atoms with Crippen LogP contribution in [0.1, 0.15) is 57.3 Å². The van der Waals surface area contributed by atoms with Gasteiger partial charge in [0.05, 0.1) is 23.3 Å². The minimum Gasteiger partial charge on any atom is -0.331 e. The van der Waals surface area contributed by atoms with Crippen molar-refractivity contribution in [2.45, 2.75) is 52.2 Å². The van der Waals surface area contributed by atoms with Crippen LogP contribution in [-0.4, -0.2) is 73.6 Å². The zero-order chi connectivity index (χ0) is 20.7. The van der Waals surface area contributed by atoms with E-state index in [0.717, 1.165) is 48.2 Å². The fraction of sp³-hybridized carbons (Fsp3) is 0.632. The number of piperidine rings is 1. The maximum Gasteiger partial charge on any atom is 0.320 e. The van der Waals surface area contributed by atoms with Gasteiger partial charge in [-0.15, -0.1) is 21.5 Å². The molecular formula is C19H27N7O2S. The maximum absolute atomic E-state index is 12.9. The molecule has 0 radical (unpaired) electrons. The third kappa shape index (κ3) is 3.61. The van der Waals surface area contributed by atoms with Gasteiger partial charge in [-0.25, -0.2) is 9.78 Å². The van der Waals surface area contributed by atoms with E-state index in [9.17, 15) is 9.59 Å². The number of likely N-dealkylation sites (tertiary alicyclic amines) is 1. The average molecular weight is 418 g/mol. The predicted molar refractivity (Wildman–Crippen MR) is 109 cm³/mol. The van der Waals surface area contributed by atoms with Crippen LogP contribution in [-0.2, 0) is 13.1 Å². The molecule has 0 aromatic carbocycles. The van der Waals surface area contributed by atoms with E-state index in [4.69, 9.17) is 0 Å². The van der Waals surface area contributed by atoms with Crippen LogP contribution in [0.2, 0.25) is 0 Å². The van der Waals surface area contributed by atoms with Gasteiger partial charge in [-0.3, -0.25) is 4.79 Å². The molecule has 156 valence electrons. The highest BCUT2D eigenvalue weighted by molar-refractivity contribution is 7.13. The van der Waals surface area contributed by atoms with Crippen LogP contribution < -0.4 is 0 Å². The summed E-state index contributed by atoms with van der Waals surface area (Å²) < 4.78 is 2.10. The number of urea groups is 1. The van der Waals surface area contributed by atoms with Crippen LogP contribution in [0.3, 0.4) is 0 Å². The summed E-state index contributed by atoms with van der Waals surface area (Å²) in [6.45, 7) is 6.19. The van der Waals surface area contributed by atoms with E-state index in [0.29, 0.717) is 24.5 Å². The van der Waals surface area contributed by atoms with Gasteiger partial charge in [-0.1, -0.05) is 0 Å². The second kappa shape index (κ2) is 7.74. The van der Waals surface area contributed by atoms with Gasteiger partial charge in [-0.05, 0) is 33.1 Å². The average Bonchev–Trinajstić information content (AvgIpc) is 3.28. The largest absolute Gasteiger partial charge is 0.331 e. The number of hydrogen-bond donors (Lipinski definition) is 0. The summed E-state index contributed by atoms with van der Waals surface area (Å²) in [7, 11) is 3.56. The molecule has 29 heavy (non-hydrogen) atoms. The molecule has 9 nitrogen and oxygen atoms in total. The Morgan fingerprint density at radius 1 is 1.10 bits per heavy atom. The van der Waals surface area contributed by atoms with E-state index in [1.807, 2.05) is 23.6 Å². The predicted octanol–water partition coefficient (Wildman–Crippen LogP) is 2.22. The van der Waals surface area contributed by atoms with Gasteiger partial charge in [-0.2, -0.15) is 0 Å². The third-order valence-corrected chi connectivity index (χ3v) is 6.66. The summed E-state index contributed by atoms with van der Waals surface area (Å²) >= 11 is 1.44. The minimum atomic E-state index is -0.0615. The highest BCUT2D eigenvalue weighted by Gasteiger charge is 2.35. The van der Waals surface area contributed by atoms with Gasteiger partial charge in [0.2, 0.25) is 0 Å². The molecular weight excluding hydrogens is 390 g/mol. The first-order valence-corrected chi connectivity index (χ1v) is 10.8. The monoisotopic (exact) mass is 417 g/mol. The lowest BCUT2D eigenvalue weighted by Gasteiger charge is -2.37. The number of nitrogens with zero attached hydrogens (tertiary/aromatic N) is 7. The number of aryl methyl sites for hydroxylation is 2. The molecule has 10 heteroatoms. The Labute approximate surface area is 174 Å². The molecule has 2 aliphatic rings. The smallest absolute Gasteiger partial charge is 0.320 e. The van der Waals surface area contributed by atoms with Crippen molar-refractivity contribution in [1.82, 2.24) is 34.4 Å². The second-order valence-electron chi connectivity index (χ2n) is 7.88. The molecule has 2 aliphatic heterocycles. The van der Waals surface area contributed by atoms with Gasteiger partial charge < -0.3 is 19.3 Å². The molecule has 4 rings (SSSR count). The normalized spacial score (nSPS) is 19.2. The number of aromatic nitrogens is 4. The molecule has 1 saturated heterocycles. The summed E-state index contributed by atoms with van der Waals surface area (Å²) in [5, 5.41) is 9.73. The van der Waals surface area contributed by atoms with E-state index in [1.165, 1.54) is 11.3 Å². The number of hydrogen-bond acceptors (Lipinski definition) is 6. The third-order valence-electron chi connectivity index (χ3n) is 5.60. The standard InChI is InChI=1S/C19H27N7O2S/c1-12-16(29-13(2)20-12)18(27)24-9-10-26-15(11-24)21-22-17(26)14-7-5-6-8-25(14)19(28)23(3)4/h14H,5-11H2,1-4H3. The minimum absolute atomic E-state index is 0.00554. The van der Waals surface area contributed by atoms with Crippen molar-refractivity contribution in [3.8, 4) is 0 Å². The highest BCUT2D eigenvalue weighted by atomic mass is 32.1. The Hall–Kier alpha value is -2.49. The van der Waals surface area contributed by atoms with Crippen LogP contribution in [0.5, 0.6) is 0 Å². The van der Waals surface area contributed by atoms with Crippen molar-refractivity contribution in [3.05, 3.63) is 27.2 Å². The van der Waals surface area contributed by atoms with Crippen molar-refractivity contribution in [2.24, 2.45) is 0 Å². The van der Waals surface area contributed by atoms with E-state index in [-0.39, 0.29) is 18.0 Å². The Morgan fingerprint density at radius 2 is 1.90 bits per heavy atom. The highest BCUT2D eigenvalue weighted by Crippen LogP contribution is 2.32. The van der Waals surface area contributed by atoms with Gasteiger partial charge >= 0.3 is 6.03 Å². The molecule has 4 heterocycles. The van der Waals surface area contributed by atoms with Crippen molar-refractivity contribution in [2.75, 3.05) is 27.2 Å². The molecule has 0 bridgehead atoms. The first-order chi connectivity index (χ1) is 13.9. The molecule has 0 saturated carbocycles. The van der Waals surface area contributed by atoms with Gasteiger partial charge in [0.15, 0.2) is 11.6 Å². The SMILES string of the molecule is Cc1nc(C)c(C(=O)N2CCn3c(nnc3C3CCCCN3C(=O)N(C)C)C2)s1. The zero-order valence-electron chi connectivity index (χ0n) is 17.4. The molecule has 2 aromatic rings. The first-order valence-electron chi connectivity index (χ1n) is 10.00. The van der Waals surface area contributed by atoms with Crippen LogP contribution in [0.15, 0.2) is 0 Å². The van der Waals surface area contributed by atoms with Crippen molar-refractivity contribution < 1.29 is 9.59 Å². The Kier molecular flexibility index (Phi) is 5.28. The first kappa shape index (κ1) is 19.8. The van der Waals surface area contributed by atoms with Crippen LogP contribution in [0.4, 0.5) is 4.79 Å². The van der Waals surface area contributed by atoms with Crippen molar-refractivity contribution >= 4 is 23.3 Å². The lowest BCUT2D eigenvalue weighted by molar-refractivity contribution is 0.0707. The molecule has 1 unspecified atom stereocenters. The van der Waals surface area contributed by atoms with Gasteiger partial charge in [0.25, 0.3) is 5.91 Å². The lowest BCUT2D eigenvalue weighted by Crippen LogP contribution is -2.45.